The van der Waals surface area contributed by atoms with Gasteiger partial charge in [-0.25, -0.2) is 0 Å². The van der Waals surface area contributed by atoms with Crippen LogP contribution >= 0.6 is 11.6 Å². The molecule has 0 bridgehead atoms. The summed E-state index contributed by atoms with van der Waals surface area (Å²) in [6.45, 7) is 7.47. The van der Waals surface area contributed by atoms with Crippen LogP contribution in [0.15, 0.2) is 24.3 Å². The van der Waals surface area contributed by atoms with E-state index in [9.17, 15) is 5.11 Å². The van der Waals surface area contributed by atoms with E-state index < -0.39 is 6.10 Å². The van der Waals surface area contributed by atoms with Gasteiger partial charge >= 0.3 is 0 Å². The number of hydrogen-bond donors (Lipinski definition) is 1. The van der Waals surface area contributed by atoms with Gasteiger partial charge in [-0.05, 0) is 45.4 Å². The van der Waals surface area contributed by atoms with Gasteiger partial charge in [0.15, 0.2) is 0 Å². The van der Waals surface area contributed by atoms with E-state index in [0.29, 0.717) is 11.4 Å². The van der Waals surface area contributed by atoms with Crippen LogP contribution in [-0.4, -0.2) is 29.1 Å². The largest absolute Gasteiger partial charge is 0.388 e. The second kappa shape index (κ2) is 6.55. The summed E-state index contributed by atoms with van der Waals surface area (Å²) in [6.07, 6.45) is 1.30. The van der Waals surface area contributed by atoms with Crippen LogP contribution in [0.4, 0.5) is 0 Å². The predicted molar refractivity (Wildman–Crippen MR) is 78.0 cm³/mol. The molecule has 1 unspecified atom stereocenters. The predicted octanol–water partition coefficient (Wildman–Crippen LogP) is 3.88. The zero-order valence-electron chi connectivity index (χ0n) is 11.8. The molecule has 0 saturated carbocycles. The Kier molecular flexibility index (Phi) is 5.64. The zero-order chi connectivity index (χ0) is 13.8. The summed E-state index contributed by atoms with van der Waals surface area (Å²) >= 11 is 6.08. The van der Waals surface area contributed by atoms with Gasteiger partial charge in [0.05, 0.1) is 6.10 Å². The van der Waals surface area contributed by atoms with E-state index in [0.717, 1.165) is 18.5 Å². The normalized spacial score (nSPS) is 13.9. The van der Waals surface area contributed by atoms with Crippen LogP contribution in [-0.2, 0) is 0 Å². The summed E-state index contributed by atoms with van der Waals surface area (Å²) in [5.74, 6) is 0. The third kappa shape index (κ3) is 3.98. The lowest BCUT2D eigenvalue weighted by Crippen LogP contribution is -2.41. The van der Waals surface area contributed by atoms with Gasteiger partial charge in [0, 0.05) is 17.1 Å². The van der Waals surface area contributed by atoms with Gasteiger partial charge in [0.2, 0.25) is 0 Å². The molecule has 0 aromatic heterocycles. The molecule has 1 aromatic rings. The van der Waals surface area contributed by atoms with Crippen LogP contribution in [0.25, 0.3) is 0 Å². The van der Waals surface area contributed by atoms with Crippen LogP contribution in [0.2, 0.25) is 5.02 Å². The van der Waals surface area contributed by atoms with Gasteiger partial charge in [-0.15, -0.1) is 0 Å². The minimum absolute atomic E-state index is 0.167. The molecule has 1 aromatic carbocycles. The fourth-order valence-corrected chi connectivity index (χ4v) is 2.05. The maximum Gasteiger partial charge on any atom is 0.0816 e. The molecular weight excluding hydrogens is 246 g/mol. The van der Waals surface area contributed by atoms with E-state index in [1.54, 1.807) is 0 Å². The van der Waals surface area contributed by atoms with Gasteiger partial charge in [-0.1, -0.05) is 36.7 Å². The molecule has 1 rings (SSSR count). The second-order valence-electron chi connectivity index (χ2n) is 5.41. The molecule has 0 amide bonds. The maximum atomic E-state index is 10.2. The quantitative estimate of drug-likeness (QED) is 0.847. The molecule has 0 aliphatic rings. The molecular formula is C15H24ClNO. The van der Waals surface area contributed by atoms with Crippen LogP contribution in [0.1, 0.15) is 45.3 Å². The van der Waals surface area contributed by atoms with Crippen LogP contribution in [0, 0.1) is 0 Å². The van der Waals surface area contributed by atoms with Gasteiger partial charge in [-0.3, -0.25) is 0 Å². The van der Waals surface area contributed by atoms with Crippen molar-refractivity contribution in [3.8, 4) is 0 Å². The Bertz CT molecular complexity index is 379. The maximum absolute atomic E-state index is 10.2. The van der Waals surface area contributed by atoms with E-state index in [1.165, 1.54) is 0 Å². The molecule has 0 fully saturated rings. The number of hydrogen-bond acceptors (Lipinski definition) is 2. The first-order chi connectivity index (χ1) is 8.38. The van der Waals surface area contributed by atoms with Gasteiger partial charge < -0.3 is 10.0 Å². The van der Waals surface area contributed by atoms with Crippen molar-refractivity contribution in [2.24, 2.45) is 0 Å². The summed E-state index contributed by atoms with van der Waals surface area (Å²) in [5, 5.41) is 10.8. The van der Waals surface area contributed by atoms with E-state index in [4.69, 9.17) is 11.6 Å². The Morgan fingerprint density at radius 1 is 1.33 bits per heavy atom. The Labute approximate surface area is 116 Å². The highest BCUT2D eigenvalue weighted by atomic mass is 35.5. The number of benzene rings is 1. The highest BCUT2D eigenvalue weighted by Crippen LogP contribution is 2.26. The molecule has 18 heavy (non-hydrogen) atoms. The van der Waals surface area contributed by atoms with Crippen LogP contribution in [0.5, 0.6) is 0 Å². The minimum Gasteiger partial charge on any atom is -0.388 e. The molecule has 0 aliphatic carbocycles. The first kappa shape index (κ1) is 15.5. The molecule has 2 nitrogen and oxygen atoms in total. The van der Waals surface area contributed by atoms with Gasteiger partial charge in [0.25, 0.3) is 0 Å². The molecule has 3 heteroatoms. The second-order valence-corrected chi connectivity index (χ2v) is 5.82. The third-order valence-corrected chi connectivity index (χ3v) is 4.24. The lowest BCUT2D eigenvalue weighted by atomic mass is 9.99. The Balaban J connectivity index is 2.57. The SMILES string of the molecule is CCC(C)(C)N(C)CCC(O)c1ccccc1Cl. The summed E-state index contributed by atoms with van der Waals surface area (Å²) in [5.41, 5.74) is 0.988. The molecule has 0 radical (unpaired) electrons. The number of aliphatic hydroxyl groups is 1. The number of nitrogens with zero attached hydrogens (tertiary/aromatic N) is 1. The smallest absolute Gasteiger partial charge is 0.0816 e. The monoisotopic (exact) mass is 269 g/mol. The molecule has 0 aliphatic heterocycles. The third-order valence-electron chi connectivity index (χ3n) is 3.90. The van der Waals surface area contributed by atoms with Crippen molar-refractivity contribution < 1.29 is 5.11 Å². The fourth-order valence-electron chi connectivity index (χ4n) is 1.79. The summed E-state index contributed by atoms with van der Waals surface area (Å²) in [7, 11) is 2.10. The molecule has 1 N–H and O–H groups in total. The summed E-state index contributed by atoms with van der Waals surface area (Å²) in [6, 6.07) is 7.49. The van der Waals surface area contributed by atoms with Crippen molar-refractivity contribution in [1.82, 2.24) is 4.90 Å². The van der Waals surface area contributed by atoms with Crippen molar-refractivity contribution in [3.63, 3.8) is 0 Å². The molecule has 0 saturated heterocycles. The Morgan fingerprint density at radius 3 is 2.50 bits per heavy atom. The van der Waals surface area contributed by atoms with E-state index >= 15 is 0 Å². The average molecular weight is 270 g/mol. The highest BCUT2D eigenvalue weighted by molar-refractivity contribution is 6.31. The molecule has 102 valence electrons. The lowest BCUT2D eigenvalue weighted by Gasteiger charge is -2.35. The van der Waals surface area contributed by atoms with Crippen molar-refractivity contribution in [2.45, 2.75) is 45.3 Å². The molecule has 0 spiro atoms. The van der Waals surface area contributed by atoms with Gasteiger partial charge in [0.1, 0.15) is 0 Å². The van der Waals surface area contributed by atoms with E-state index in [2.05, 4.69) is 32.7 Å². The number of rotatable bonds is 6. The Hall–Kier alpha value is -0.570. The first-order valence-electron chi connectivity index (χ1n) is 6.52. The molecule has 0 heterocycles. The van der Waals surface area contributed by atoms with Crippen molar-refractivity contribution in [3.05, 3.63) is 34.9 Å². The standard InChI is InChI=1S/C15H24ClNO/c1-5-15(2,3)17(4)11-10-14(18)12-8-6-7-9-13(12)16/h6-9,14,18H,5,10-11H2,1-4H3. The lowest BCUT2D eigenvalue weighted by molar-refractivity contribution is 0.105. The van der Waals surface area contributed by atoms with Crippen LogP contribution in [0.3, 0.4) is 0 Å². The Morgan fingerprint density at radius 2 is 1.94 bits per heavy atom. The topological polar surface area (TPSA) is 23.5 Å². The fraction of sp³-hybridized carbons (Fsp3) is 0.600. The summed E-state index contributed by atoms with van der Waals surface area (Å²) in [4.78, 5) is 2.28. The molecule has 1 atom stereocenters. The van der Waals surface area contributed by atoms with Gasteiger partial charge in [-0.2, -0.15) is 0 Å². The highest BCUT2D eigenvalue weighted by Gasteiger charge is 2.22. The zero-order valence-corrected chi connectivity index (χ0v) is 12.5. The van der Waals surface area contributed by atoms with E-state index in [1.807, 2.05) is 24.3 Å². The van der Waals surface area contributed by atoms with Crippen molar-refractivity contribution >= 4 is 11.6 Å². The van der Waals surface area contributed by atoms with Crippen molar-refractivity contribution in [2.75, 3.05) is 13.6 Å². The minimum atomic E-state index is -0.492. The van der Waals surface area contributed by atoms with E-state index in [-0.39, 0.29) is 5.54 Å². The average Bonchev–Trinajstić information content (AvgIpc) is 2.36. The first-order valence-corrected chi connectivity index (χ1v) is 6.90. The van der Waals surface area contributed by atoms with Crippen molar-refractivity contribution in [1.29, 1.82) is 0 Å². The number of aliphatic hydroxyl groups excluding tert-OH is 1. The van der Waals surface area contributed by atoms with Crippen LogP contribution < -0.4 is 0 Å². The number of halogens is 1. The summed E-state index contributed by atoms with van der Waals surface area (Å²) < 4.78 is 0.